The van der Waals surface area contributed by atoms with E-state index >= 15 is 0 Å². The molecule has 0 bridgehead atoms. The summed E-state index contributed by atoms with van der Waals surface area (Å²) in [5.74, 6) is -1.78. The van der Waals surface area contributed by atoms with Crippen LogP contribution in [0.15, 0.2) is 28.8 Å². The smallest absolute Gasteiger partial charge is 0.437 e. The topological polar surface area (TPSA) is 102 Å². The number of alkyl halides is 3. The van der Waals surface area contributed by atoms with Crippen LogP contribution in [0.25, 0.3) is 10.9 Å². The number of hydrogen-bond acceptors (Lipinski definition) is 7. The maximum Gasteiger partial charge on any atom is 0.437 e. The Labute approximate surface area is 210 Å². The van der Waals surface area contributed by atoms with E-state index < -0.39 is 23.5 Å². The summed E-state index contributed by atoms with van der Waals surface area (Å²) in [5, 5.41) is 7.56. The predicted octanol–water partition coefficient (Wildman–Crippen LogP) is 4.73. The molecule has 1 amide bonds. The van der Waals surface area contributed by atoms with Gasteiger partial charge in [0.1, 0.15) is 0 Å². The summed E-state index contributed by atoms with van der Waals surface area (Å²) < 4.78 is 53.3. The van der Waals surface area contributed by atoms with E-state index in [0.29, 0.717) is 37.3 Å². The zero-order chi connectivity index (χ0) is 26.3. The number of benzene rings is 1. The van der Waals surface area contributed by atoms with Gasteiger partial charge in [0.2, 0.25) is 5.76 Å². The van der Waals surface area contributed by atoms with Gasteiger partial charge in [-0.1, -0.05) is 6.92 Å². The number of amides is 1. The molecule has 1 aliphatic carbocycles. The number of oxazole rings is 1. The fourth-order valence-corrected chi connectivity index (χ4v) is 4.86. The Kier molecular flexibility index (Phi) is 6.59. The van der Waals surface area contributed by atoms with Crippen LogP contribution in [0.4, 0.5) is 24.9 Å². The number of esters is 1. The second-order valence-corrected chi connectivity index (χ2v) is 9.77. The van der Waals surface area contributed by atoms with Crippen molar-refractivity contribution in [1.82, 2.24) is 14.8 Å². The molecule has 5 rings (SSSR count). The van der Waals surface area contributed by atoms with Gasteiger partial charge in [-0.3, -0.25) is 14.3 Å². The van der Waals surface area contributed by atoms with E-state index in [1.165, 1.54) is 0 Å². The van der Waals surface area contributed by atoms with E-state index in [2.05, 4.69) is 15.4 Å². The summed E-state index contributed by atoms with van der Waals surface area (Å²) >= 11 is 0. The molecule has 0 spiro atoms. The fraction of sp³-hybridized carbons (Fsp3) is 0.520. The molecule has 198 valence electrons. The molecule has 1 saturated carbocycles. The van der Waals surface area contributed by atoms with Gasteiger partial charge in [0.25, 0.3) is 11.9 Å². The molecule has 1 aliphatic heterocycles. The van der Waals surface area contributed by atoms with Gasteiger partial charge < -0.3 is 19.4 Å². The number of carbonyl (C=O) groups excluding carboxylic acids is 2. The van der Waals surface area contributed by atoms with Crippen molar-refractivity contribution in [2.24, 2.45) is 17.8 Å². The maximum atomic E-state index is 13.7. The highest BCUT2D eigenvalue weighted by Gasteiger charge is 2.45. The first-order valence-electron chi connectivity index (χ1n) is 12.4. The number of fused-ring (bicyclic) bond motifs is 1. The van der Waals surface area contributed by atoms with Crippen LogP contribution >= 0.6 is 0 Å². The molecule has 3 heterocycles. The van der Waals surface area contributed by atoms with E-state index in [1.54, 1.807) is 40.9 Å². The number of rotatable bonds is 7. The highest BCUT2D eigenvalue weighted by molar-refractivity contribution is 6.04. The monoisotopic (exact) mass is 519 g/mol. The highest BCUT2D eigenvalue weighted by Crippen LogP contribution is 2.41. The van der Waals surface area contributed by atoms with Gasteiger partial charge in [-0.05, 0) is 56.2 Å². The quantitative estimate of drug-likeness (QED) is 0.450. The minimum Gasteiger partial charge on any atom is -0.466 e. The maximum absolute atomic E-state index is 13.7. The summed E-state index contributed by atoms with van der Waals surface area (Å²) in [5.41, 5.74) is -0.261. The van der Waals surface area contributed by atoms with Crippen LogP contribution in [0.2, 0.25) is 0 Å². The summed E-state index contributed by atoms with van der Waals surface area (Å²) in [6.45, 7) is 5.70. The van der Waals surface area contributed by atoms with Crippen molar-refractivity contribution in [2.45, 2.75) is 45.8 Å². The lowest BCUT2D eigenvalue weighted by Gasteiger charge is -2.29. The summed E-state index contributed by atoms with van der Waals surface area (Å²) in [6.07, 6.45) is -0.707. The molecule has 2 aromatic heterocycles. The van der Waals surface area contributed by atoms with Gasteiger partial charge >= 0.3 is 12.1 Å². The van der Waals surface area contributed by atoms with Gasteiger partial charge in [0.05, 0.1) is 24.2 Å². The molecule has 3 aromatic rings. The lowest BCUT2D eigenvalue weighted by atomic mass is 10.0. The number of anilines is 2. The Hall–Kier alpha value is -3.57. The van der Waals surface area contributed by atoms with E-state index in [4.69, 9.17) is 9.15 Å². The number of carbonyl (C=O) groups is 2. The molecular formula is C25H28F3N5O4. The summed E-state index contributed by atoms with van der Waals surface area (Å²) in [4.78, 5) is 30.0. The predicted molar refractivity (Wildman–Crippen MR) is 128 cm³/mol. The molecule has 3 atom stereocenters. The number of hydrogen-bond donors (Lipinski definition) is 1. The Balaban J connectivity index is 1.31. The van der Waals surface area contributed by atoms with Crippen molar-refractivity contribution >= 4 is 34.5 Å². The lowest BCUT2D eigenvalue weighted by molar-refractivity contribution is -0.145. The molecular weight excluding hydrogens is 491 g/mol. The first kappa shape index (κ1) is 25.1. The Morgan fingerprint density at radius 1 is 1.30 bits per heavy atom. The van der Waals surface area contributed by atoms with Gasteiger partial charge in [0.15, 0.2) is 5.69 Å². The van der Waals surface area contributed by atoms with Gasteiger partial charge in [-0.25, -0.2) is 0 Å². The zero-order valence-corrected chi connectivity index (χ0v) is 20.5. The Morgan fingerprint density at radius 2 is 2.11 bits per heavy atom. The number of nitrogens with zero attached hydrogens (tertiary/aromatic N) is 4. The molecule has 3 unspecified atom stereocenters. The fourth-order valence-electron chi connectivity index (χ4n) is 4.86. The van der Waals surface area contributed by atoms with Gasteiger partial charge in [-0.2, -0.15) is 23.3 Å². The largest absolute Gasteiger partial charge is 0.466 e. The van der Waals surface area contributed by atoms with Crippen molar-refractivity contribution in [3.8, 4) is 0 Å². The molecule has 2 aliphatic rings. The number of piperidine rings is 1. The third kappa shape index (κ3) is 5.28. The minimum atomic E-state index is -4.84. The van der Waals surface area contributed by atoms with Crippen LogP contribution in [0.3, 0.4) is 0 Å². The molecule has 12 heteroatoms. The van der Waals surface area contributed by atoms with E-state index in [0.717, 1.165) is 24.8 Å². The SMILES string of the molecule is CCOC(=O)C1CC1Cn1ncc2cc(NC(=O)c3oc(N4CCCC(C)C4)nc3C(F)(F)F)ccc21. The Bertz CT molecular complexity index is 1320. The third-order valence-corrected chi connectivity index (χ3v) is 6.84. The van der Waals surface area contributed by atoms with Crippen LogP contribution in [-0.2, 0) is 22.3 Å². The van der Waals surface area contributed by atoms with Crippen molar-refractivity contribution in [2.75, 3.05) is 29.9 Å². The van der Waals surface area contributed by atoms with Crippen molar-refractivity contribution in [1.29, 1.82) is 0 Å². The highest BCUT2D eigenvalue weighted by atomic mass is 19.4. The average Bonchev–Trinajstić information content (AvgIpc) is 3.27. The Morgan fingerprint density at radius 3 is 2.84 bits per heavy atom. The van der Waals surface area contributed by atoms with Crippen molar-refractivity contribution in [3.05, 3.63) is 35.9 Å². The molecule has 1 aromatic carbocycles. The van der Waals surface area contributed by atoms with Gasteiger partial charge in [0, 0.05) is 30.7 Å². The summed E-state index contributed by atoms with van der Waals surface area (Å²) in [6, 6.07) is 4.75. The lowest BCUT2D eigenvalue weighted by Crippen LogP contribution is -2.34. The van der Waals surface area contributed by atoms with Crippen LogP contribution in [0.1, 0.15) is 49.4 Å². The average molecular weight is 520 g/mol. The first-order chi connectivity index (χ1) is 17.6. The van der Waals surface area contributed by atoms with Crippen LogP contribution in [0.5, 0.6) is 0 Å². The zero-order valence-electron chi connectivity index (χ0n) is 20.5. The van der Waals surface area contributed by atoms with E-state index in [1.807, 2.05) is 6.92 Å². The molecule has 9 nitrogen and oxygen atoms in total. The normalized spacial score (nSPS) is 21.8. The van der Waals surface area contributed by atoms with Crippen molar-refractivity contribution < 1.29 is 31.9 Å². The molecule has 37 heavy (non-hydrogen) atoms. The number of aromatic nitrogens is 3. The second kappa shape index (κ2) is 9.71. The second-order valence-electron chi connectivity index (χ2n) is 9.77. The number of ether oxygens (including phenoxy) is 1. The van der Waals surface area contributed by atoms with E-state index in [-0.39, 0.29) is 29.7 Å². The van der Waals surface area contributed by atoms with Crippen LogP contribution in [-0.4, -0.2) is 46.3 Å². The molecule has 2 fully saturated rings. The van der Waals surface area contributed by atoms with E-state index in [9.17, 15) is 22.8 Å². The van der Waals surface area contributed by atoms with Crippen LogP contribution in [0, 0.1) is 17.8 Å². The number of nitrogens with one attached hydrogen (secondary N) is 1. The molecule has 1 saturated heterocycles. The minimum absolute atomic E-state index is 0.125. The summed E-state index contributed by atoms with van der Waals surface area (Å²) in [7, 11) is 0. The first-order valence-corrected chi connectivity index (χ1v) is 12.4. The van der Waals surface area contributed by atoms with Gasteiger partial charge in [-0.15, -0.1) is 0 Å². The number of halogens is 3. The third-order valence-electron chi connectivity index (χ3n) is 6.84. The molecule has 1 N–H and O–H groups in total. The molecule has 0 radical (unpaired) electrons. The standard InChI is InChI=1S/C25H28F3N5O4/c1-3-36-23(35)18-10-16(18)13-33-19-7-6-17(9-15(19)11-29-33)30-22(34)20-21(25(26,27)28)31-24(37-20)32-8-4-5-14(2)12-32/h6-7,9,11,14,16,18H,3-5,8,10,12-13H2,1-2H3,(H,30,34). The van der Waals surface area contributed by atoms with Crippen molar-refractivity contribution in [3.63, 3.8) is 0 Å². The van der Waals surface area contributed by atoms with Crippen LogP contribution < -0.4 is 10.2 Å².